The zero-order valence-corrected chi connectivity index (χ0v) is 14.4. The Morgan fingerprint density at radius 1 is 0.955 bits per heavy atom. The summed E-state index contributed by atoms with van der Waals surface area (Å²) in [6, 6.07) is 0.308. The molecule has 132 valence electrons. The molecular weight excluding hydrogens is 276 g/mol. The van der Waals surface area contributed by atoms with E-state index in [2.05, 4.69) is 22.1 Å². The van der Waals surface area contributed by atoms with Gasteiger partial charge in [0.15, 0.2) is 0 Å². The second-order valence-electron chi connectivity index (χ2n) is 5.69. The minimum Gasteiger partial charge on any atom is -0.391 e. The molecule has 0 saturated heterocycles. The van der Waals surface area contributed by atoms with Gasteiger partial charge in [-0.15, -0.1) is 0 Å². The molecule has 0 aliphatic heterocycles. The predicted molar refractivity (Wildman–Crippen MR) is 96.7 cm³/mol. The van der Waals surface area contributed by atoms with Gasteiger partial charge in [-0.2, -0.15) is 0 Å². The molecule has 0 spiro atoms. The molecule has 22 heavy (non-hydrogen) atoms. The van der Waals surface area contributed by atoms with Gasteiger partial charge >= 0.3 is 0 Å². The maximum absolute atomic E-state index is 5.62. The fourth-order valence-electron chi connectivity index (χ4n) is 2.44. The van der Waals surface area contributed by atoms with Gasteiger partial charge in [0.05, 0.1) is 0 Å². The van der Waals surface area contributed by atoms with E-state index in [1.54, 1.807) is 0 Å². The van der Waals surface area contributed by atoms with Crippen LogP contribution in [0.4, 0.5) is 0 Å². The zero-order chi connectivity index (χ0) is 16.6. The van der Waals surface area contributed by atoms with E-state index in [-0.39, 0.29) is 0 Å². The van der Waals surface area contributed by atoms with Crippen molar-refractivity contribution in [1.29, 1.82) is 0 Å². The number of likely N-dealkylation sites (N-methyl/N-ethyl adjacent to an activating group) is 1. The maximum Gasteiger partial charge on any atom is 0.0463 e. The summed E-state index contributed by atoms with van der Waals surface area (Å²) in [7, 11) is 1.93. The normalized spacial score (nSPS) is 12.6. The Hall–Kier alpha value is -0.660. The van der Waals surface area contributed by atoms with Crippen molar-refractivity contribution >= 4 is 0 Å². The molecule has 0 aliphatic carbocycles. The van der Waals surface area contributed by atoms with Crippen LogP contribution in [0.2, 0.25) is 0 Å². The van der Waals surface area contributed by atoms with Gasteiger partial charge in [0.2, 0.25) is 0 Å². The van der Waals surface area contributed by atoms with Crippen molar-refractivity contribution in [2.45, 2.75) is 38.1 Å². The summed E-state index contributed by atoms with van der Waals surface area (Å²) in [4.78, 5) is 2.47. The fraction of sp³-hybridized carbons (Fsp3) is 0.875. The van der Waals surface area contributed by atoms with Crippen LogP contribution in [0.1, 0.15) is 32.1 Å². The Labute approximate surface area is 136 Å². The number of nitrogens with one attached hydrogen (secondary N) is 2. The third-order valence-electron chi connectivity index (χ3n) is 3.84. The Balaban J connectivity index is 4.14. The number of rotatable bonds is 16. The molecule has 0 fully saturated rings. The van der Waals surface area contributed by atoms with Crippen molar-refractivity contribution in [2.75, 3.05) is 52.9 Å². The summed E-state index contributed by atoms with van der Waals surface area (Å²) in [5.74, 6) is 0. The number of nitrogens with two attached hydrogens (primary N) is 3. The molecule has 6 heteroatoms. The van der Waals surface area contributed by atoms with Crippen LogP contribution in [0, 0.1) is 0 Å². The van der Waals surface area contributed by atoms with Gasteiger partial charge in [-0.3, -0.25) is 0 Å². The third-order valence-corrected chi connectivity index (χ3v) is 3.84. The summed E-state index contributed by atoms with van der Waals surface area (Å²) in [5.41, 5.74) is 17.8. The van der Waals surface area contributed by atoms with Gasteiger partial charge in [-0.1, -0.05) is 6.58 Å². The van der Waals surface area contributed by atoms with Gasteiger partial charge in [0, 0.05) is 18.8 Å². The third kappa shape index (κ3) is 11.0. The summed E-state index contributed by atoms with van der Waals surface area (Å²) in [6.45, 7) is 10.5. The minimum atomic E-state index is 0.308. The Kier molecular flexibility index (Phi) is 14.8. The largest absolute Gasteiger partial charge is 0.391 e. The molecule has 0 aromatic rings. The van der Waals surface area contributed by atoms with Gasteiger partial charge in [0.25, 0.3) is 0 Å². The van der Waals surface area contributed by atoms with Crippen LogP contribution in [0.3, 0.4) is 0 Å². The minimum absolute atomic E-state index is 0.308. The van der Waals surface area contributed by atoms with Crippen LogP contribution in [0.5, 0.6) is 0 Å². The predicted octanol–water partition coefficient (Wildman–Crippen LogP) is -0.194. The van der Waals surface area contributed by atoms with E-state index in [9.17, 15) is 0 Å². The molecule has 6 nitrogen and oxygen atoms in total. The van der Waals surface area contributed by atoms with Crippen LogP contribution in [-0.2, 0) is 0 Å². The monoisotopic (exact) mass is 314 g/mol. The highest BCUT2D eigenvalue weighted by Gasteiger charge is 2.12. The second-order valence-corrected chi connectivity index (χ2v) is 5.69. The van der Waals surface area contributed by atoms with E-state index in [0.717, 1.165) is 83.6 Å². The first-order valence-corrected chi connectivity index (χ1v) is 8.62. The Morgan fingerprint density at radius 3 is 2.00 bits per heavy atom. The quantitative estimate of drug-likeness (QED) is 0.253. The summed E-state index contributed by atoms with van der Waals surface area (Å²) in [6.07, 6.45) is 5.30. The maximum atomic E-state index is 5.62. The zero-order valence-electron chi connectivity index (χ0n) is 14.4. The SMILES string of the molecule is C=C(NC)C(CCCN(CCCN)CCCN)NCCCN. The smallest absolute Gasteiger partial charge is 0.0463 e. The topological polar surface area (TPSA) is 105 Å². The average Bonchev–Trinajstić information content (AvgIpc) is 2.54. The average molecular weight is 315 g/mol. The van der Waals surface area contributed by atoms with E-state index < -0.39 is 0 Å². The molecule has 1 unspecified atom stereocenters. The van der Waals surface area contributed by atoms with Crippen molar-refractivity contribution in [3.63, 3.8) is 0 Å². The number of hydrogen-bond donors (Lipinski definition) is 5. The lowest BCUT2D eigenvalue weighted by Gasteiger charge is -2.25. The fourth-order valence-corrected chi connectivity index (χ4v) is 2.44. The lowest BCUT2D eigenvalue weighted by atomic mass is 10.1. The van der Waals surface area contributed by atoms with E-state index in [4.69, 9.17) is 17.2 Å². The lowest BCUT2D eigenvalue weighted by molar-refractivity contribution is 0.260. The molecule has 1 atom stereocenters. The number of nitrogens with zero attached hydrogens (tertiary/aromatic N) is 1. The molecule has 0 aliphatic rings. The van der Waals surface area contributed by atoms with E-state index in [1.165, 1.54) is 0 Å². The Morgan fingerprint density at radius 2 is 1.50 bits per heavy atom. The highest BCUT2D eigenvalue weighted by molar-refractivity contribution is 5.02. The van der Waals surface area contributed by atoms with Gasteiger partial charge in [-0.05, 0) is 77.9 Å². The molecule has 8 N–H and O–H groups in total. The van der Waals surface area contributed by atoms with Crippen molar-refractivity contribution in [2.24, 2.45) is 17.2 Å². The van der Waals surface area contributed by atoms with Gasteiger partial charge in [0.1, 0.15) is 0 Å². The first kappa shape index (κ1) is 21.3. The standard InChI is InChI=1S/C16H38N6/c1-15(20-2)16(21-11-4-8-17)7-3-12-22(13-5-9-18)14-6-10-19/h16,20-21H,1,3-14,17-19H2,2H3. The van der Waals surface area contributed by atoms with Crippen LogP contribution in [-0.4, -0.2) is 63.8 Å². The summed E-state index contributed by atoms with van der Waals surface area (Å²) >= 11 is 0. The highest BCUT2D eigenvalue weighted by atomic mass is 15.1. The molecule has 0 bridgehead atoms. The molecule has 0 heterocycles. The van der Waals surface area contributed by atoms with Crippen LogP contribution in [0.25, 0.3) is 0 Å². The van der Waals surface area contributed by atoms with E-state index >= 15 is 0 Å². The summed E-state index contributed by atoms with van der Waals surface area (Å²) in [5, 5.41) is 6.69. The summed E-state index contributed by atoms with van der Waals surface area (Å²) < 4.78 is 0. The van der Waals surface area contributed by atoms with Crippen LogP contribution in [0.15, 0.2) is 12.3 Å². The van der Waals surface area contributed by atoms with Gasteiger partial charge in [-0.25, -0.2) is 0 Å². The molecule has 0 radical (unpaired) electrons. The van der Waals surface area contributed by atoms with Crippen molar-refractivity contribution < 1.29 is 0 Å². The molecule has 0 amide bonds. The molecular formula is C16H38N6. The van der Waals surface area contributed by atoms with Crippen molar-refractivity contribution in [1.82, 2.24) is 15.5 Å². The highest BCUT2D eigenvalue weighted by Crippen LogP contribution is 2.07. The first-order valence-electron chi connectivity index (χ1n) is 8.62. The van der Waals surface area contributed by atoms with Gasteiger partial charge < -0.3 is 32.7 Å². The molecule has 0 rings (SSSR count). The Bertz CT molecular complexity index is 251. The van der Waals surface area contributed by atoms with Crippen molar-refractivity contribution in [3.8, 4) is 0 Å². The lowest BCUT2D eigenvalue weighted by Crippen LogP contribution is -2.37. The molecule has 0 saturated carbocycles. The first-order chi connectivity index (χ1) is 10.7. The second kappa shape index (κ2) is 15.2. The number of hydrogen-bond acceptors (Lipinski definition) is 6. The van der Waals surface area contributed by atoms with Crippen molar-refractivity contribution in [3.05, 3.63) is 12.3 Å². The van der Waals surface area contributed by atoms with E-state index in [0.29, 0.717) is 6.04 Å². The van der Waals surface area contributed by atoms with Crippen LogP contribution < -0.4 is 27.8 Å². The van der Waals surface area contributed by atoms with Crippen LogP contribution >= 0.6 is 0 Å². The molecule has 0 aromatic heterocycles. The molecule has 0 aromatic carbocycles. The van der Waals surface area contributed by atoms with E-state index in [1.807, 2.05) is 7.05 Å².